The fraction of sp³-hybridized carbons (Fsp3) is 0.875. The van der Waals surface area contributed by atoms with Gasteiger partial charge in [0.25, 0.3) is 0 Å². The molecule has 2 spiro atoms. The molecule has 1 unspecified atom stereocenters. The lowest BCUT2D eigenvalue weighted by Crippen LogP contribution is -2.72. The first-order chi connectivity index (χ1) is 14.6. The van der Waals surface area contributed by atoms with Crippen LogP contribution < -0.4 is 0 Å². The van der Waals surface area contributed by atoms with Gasteiger partial charge in [0.2, 0.25) is 5.79 Å². The highest BCUT2D eigenvalue weighted by atomic mass is 19.1. The lowest BCUT2D eigenvalue weighted by atomic mass is 9.43. The number of alkyl halides is 1. The second kappa shape index (κ2) is 6.17. The number of halogens is 1. The van der Waals surface area contributed by atoms with E-state index in [9.17, 15) is 9.90 Å². The zero-order valence-corrected chi connectivity index (χ0v) is 18.6. The van der Waals surface area contributed by atoms with Crippen LogP contribution in [0.4, 0.5) is 4.39 Å². The highest BCUT2D eigenvalue weighted by Crippen LogP contribution is 2.74. The number of hydrogen-bond acceptors (Lipinski definition) is 6. The lowest BCUT2D eigenvalue weighted by Gasteiger charge is -2.64. The van der Waals surface area contributed by atoms with E-state index in [0.717, 1.165) is 12.0 Å². The molecule has 7 heteroatoms. The van der Waals surface area contributed by atoms with Crippen LogP contribution in [0.5, 0.6) is 0 Å². The first kappa shape index (κ1) is 20.7. The van der Waals surface area contributed by atoms with Crippen molar-refractivity contribution in [3.05, 3.63) is 11.6 Å². The smallest absolute Gasteiger partial charge is 0.227 e. The normalized spacial score (nSPS) is 58.4. The van der Waals surface area contributed by atoms with Crippen molar-refractivity contribution in [3.63, 3.8) is 0 Å². The van der Waals surface area contributed by atoms with E-state index in [0.29, 0.717) is 25.7 Å². The summed E-state index contributed by atoms with van der Waals surface area (Å²) in [6, 6.07) is 0. The highest BCUT2D eigenvalue weighted by molar-refractivity contribution is 5.91. The predicted molar refractivity (Wildman–Crippen MR) is 107 cm³/mol. The molecule has 6 nitrogen and oxygen atoms in total. The second-order valence-corrected chi connectivity index (χ2v) is 11.3. The van der Waals surface area contributed by atoms with Crippen molar-refractivity contribution in [1.29, 1.82) is 0 Å². The molecule has 0 aromatic heterocycles. The molecular formula is C24H33FO6. The molecule has 2 saturated heterocycles. The average Bonchev–Trinajstić information content (AvgIpc) is 3.40. The van der Waals surface area contributed by atoms with Crippen LogP contribution in [0.1, 0.15) is 59.3 Å². The molecule has 6 rings (SSSR count). The molecule has 0 aromatic rings. The van der Waals surface area contributed by atoms with Gasteiger partial charge in [-0.15, -0.1) is 0 Å². The van der Waals surface area contributed by atoms with Gasteiger partial charge in [0.15, 0.2) is 19.4 Å². The Bertz CT molecular complexity index is 847. The molecule has 3 saturated carbocycles. The quantitative estimate of drug-likeness (QED) is 0.628. The van der Waals surface area contributed by atoms with Crippen molar-refractivity contribution in [2.45, 2.75) is 82.5 Å². The van der Waals surface area contributed by atoms with Crippen LogP contribution in [-0.4, -0.2) is 54.2 Å². The molecule has 0 amide bonds. The van der Waals surface area contributed by atoms with Crippen LogP contribution in [0.3, 0.4) is 0 Å². The Kier molecular flexibility index (Phi) is 4.13. The van der Waals surface area contributed by atoms with Gasteiger partial charge in [-0.2, -0.15) is 0 Å². The minimum atomic E-state index is -1.76. The van der Waals surface area contributed by atoms with Crippen molar-refractivity contribution >= 4 is 5.78 Å². The number of ether oxygens (including phenoxy) is 4. The number of fused-ring (bicyclic) bond motifs is 7. The minimum absolute atomic E-state index is 0.0229. The van der Waals surface area contributed by atoms with Crippen LogP contribution in [0, 0.1) is 28.6 Å². The Hall–Kier alpha value is -0.860. The van der Waals surface area contributed by atoms with Crippen molar-refractivity contribution in [2.75, 3.05) is 20.2 Å². The molecule has 2 aliphatic heterocycles. The SMILES string of the molecule is C[C@@H]1C[C@H]2[C@@H]3CCC4=CC(=O)CC[C@]4(C)[C@@]3(F)[C@@H](O)C[C@]2(C)[C@]12OCOC21COCO1. The molecule has 5 fully saturated rings. The summed E-state index contributed by atoms with van der Waals surface area (Å²) in [6.07, 6.45) is 3.74. The summed E-state index contributed by atoms with van der Waals surface area (Å²) >= 11 is 0. The summed E-state index contributed by atoms with van der Waals surface area (Å²) in [5, 5.41) is 11.6. The molecule has 6 aliphatic rings. The van der Waals surface area contributed by atoms with Gasteiger partial charge in [0.05, 0.1) is 6.10 Å². The maximum Gasteiger partial charge on any atom is 0.227 e. The Morgan fingerprint density at radius 1 is 1.13 bits per heavy atom. The molecule has 2 heterocycles. The van der Waals surface area contributed by atoms with Gasteiger partial charge in [-0.1, -0.05) is 26.3 Å². The van der Waals surface area contributed by atoms with Gasteiger partial charge in [0.1, 0.15) is 17.9 Å². The Labute approximate surface area is 182 Å². The summed E-state index contributed by atoms with van der Waals surface area (Å²) < 4.78 is 41.4. The van der Waals surface area contributed by atoms with E-state index in [-0.39, 0.29) is 50.2 Å². The Morgan fingerprint density at radius 2 is 1.90 bits per heavy atom. The van der Waals surface area contributed by atoms with Gasteiger partial charge in [-0.25, -0.2) is 4.39 Å². The van der Waals surface area contributed by atoms with E-state index in [1.807, 2.05) is 6.92 Å². The minimum Gasteiger partial charge on any atom is -0.390 e. The van der Waals surface area contributed by atoms with E-state index in [4.69, 9.17) is 18.9 Å². The third-order valence-corrected chi connectivity index (χ3v) is 10.4. The molecule has 0 radical (unpaired) electrons. The first-order valence-electron chi connectivity index (χ1n) is 11.8. The standard InChI is InChI=1S/C24H33FO6/c1-14-8-18-17-5-4-15-9-16(26)6-7-20(15,2)23(17,25)19(27)10-21(18,3)24(14)22(30-13-31-24)11-28-12-29-22/h9,14,17-19,27H,4-8,10-13H2,1-3H3/t14-,17+,18+,19+,20+,21+,22?,23+,24-/m1/s1. The average molecular weight is 437 g/mol. The maximum atomic E-state index is 17.3. The third-order valence-electron chi connectivity index (χ3n) is 10.4. The number of rotatable bonds is 0. The number of ketones is 1. The molecule has 0 bridgehead atoms. The topological polar surface area (TPSA) is 74.2 Å². The number of hydrogen-bond donors (Lipinski definition) is 1. The number of aliphatic hydroxyl groups is 1. The molecular weight excluding hydrogens is 403 g/mol. The molecule has 9 atom stereocenters. The highest BCUT2D eigenvalue weighted by Gasteiger charge is 2.81. The van der Waals surface area contributed by atoms with Crippen molar-refractivity contribution in [1.82, 2.24) is 0 Å². The summed E-state index contributed by atoms with van der Waals surface area (Å²) in [4.78, 5) is 12.1. The molecule has 1 N–H and O–H groups in total. The van der Waals surface area contributed by atoms with Crippen LogP contribution in [0.15, 0.2) is 11.6 Å². The Balaban J connectivity index is 1.47. The van der Waals surface area contributed by atoms with Crippen LogP contribution in [-0.2, 0) is 23.7 Å². The number of carbonyl (C=O) groups is 1. The van der Waals surface area contributed by atoms with Crippen LogP contribution >= 0.6 is 0 Å². The predicted octanol–water partition coefficient (Wildman–Crippen LogP) is 3.27. The van der Waals surface area contributed by atoms with E-state index >= 15 is 4.39 Å². The van der Waals surface area contributed by atoms with E-state index in [1.54, 1.807) is 6.08 Å². The summed E-state index contributed by atoms with van der Waals surface area (Å²) in [6.45, 7) is 6.77. The van der Waals surface area contributed by atoms with Gasteiger partial charge in [0, 0.05) is 23.2 Å². The fourth-order valence-corrected chi connectivity index (χ4v) is 9.10. The molecule has 31 heavy (non-hydrogen) atoms. The van der Waals surface area contributed by atoms with E-state index in [2.05, 4.69) is 13.8 Å². The van der Waals surface area contributed by atoms with Gasteiger partial charge in [-0.3, -0.25) is 4.79 Å². The lowest BCUT2D eigenvalue weighted by molar-refractivity contribution is -0.280. The van der Waals surface area contributed by atoms with Gasteiger partial charge < -0.3 is 24.1 Å². The second-order valence-electron chi connectivity index (χ2n) is 11.3. The van der Waals surface area contributed by atoms with E-state index < -0.39 is 34.0 Å². The number of carbonyl (C=O) groups excluding carboxylic acids is 1. The largest absolute Gasteiger partial charge is 0.390 e. The summed E-state index contributed by atoms with van der Waals surface area (Å²) in [5.41, 5.74) is -2.98. The van der Waals surface area contributed by atoms with E-state index in [1.165, 1.54) is 0 Å². The zero-order chi connectivity index (χ0) is 21.9. The molecule has 0 aromatic carbocycles. The maximum absolute atomic E-state index is 17.3. The van der Waals surface area contributed by atoms with Crippen molar-refractivity contribution in [3.8, 4) is 0 Å². The third kappa shape index (κ3) is 2.10. The number of allylic oxidation sites excluding steroid dienone is 1. The Morgan fingerprint density at radius 3 is 2.65 bits per heavy atom. The van der Waals surface area contributed by atoms with Crippen LogP contribution in [0.2, 0.25) is 0 Å². The fourth-order valence-electron chi connectivity index (χ4n) is 9.10. The molecule has 4 aliphatic carbocycles. The zero-order valence-electron chi connectivity index (χ0n) is 18.6. The van der Waals surface area contributed by atoms with Crippen molar-refractivity contribution < 1.29 is 33.2 Å². The van der Waals surface area contributed by atoms with Gasteiger partial charge >= 0.3 is 0 Å². The first-order valence-corrected chi connectivity index (χ1v) is 11.8. The number of aliphatic hydroxyl groups excluding tert-OH is 1. The monoisotopic (exact) mass is 436 g/mol. The van der Waals surface area contributed by atoms with Crippen LogP contribution in [0.25, 0.3) is 0 Å². The summed E-state index contributed by atoms with van der Waals surface area (Å²) in [7, 11) is 0. The molecule has 172 valence electrons. The van der Waals surface area contributed by atoms with Gasteiger partial charge in [-0.05, 0) is 50.0 Å². The summed E-state index contributed by atoms with van der Waals surface area (Å²) in [5.74, 6) is -1.14. The van der Waals surface area contributed by atoms with Crippen molar-refractivity contribution in [2.24, 2.45) is 28.6 Å².